The van der Waals surface area contributed by atoms with E-state index >= 15 is 0 Å². The zero-order valence-corrected chi connectivity index (χ0v) is 14.2. The summed E-state index contributed by atoms with van der Waals surface area (Å²) in [6.45, 7) is 0.667. The van der Waals surface area contributed by atoms with Crippen molar-refractivity contribution in [3.8, 4) is 22.8 Å². The quantitative estimate of drug-likeness (QED) is 0.790. The molecule has 0 fully saturated rings. The van der Waals surface area contributed by atoms with Gasteiger partial charge in [-0.3, -0.25) is 14.2 Å². The normalized spacial score (nSPS) is 13.7. The molecule has 0 radical (unpaired) electrons. The number of aromatic hydroxyl groups is 1. The van der Waals surface area contributed by atoms with Crippen molar-refractivity contribution in [3.05, 3.63) is 64.6 Å². The fourth-order valence-corrected chi connectivity index (χ4v) is 3.04. The van der Waals surface area contributed by atoms with Gasteiger partial charge in [-0.05, 0) is 35.4 Å². The SMILES string of the molecule is COc1cc(O)ccc1-c1cc(=O)n2cc(C3=CCN=CC3)ccc2n1. The number of ether oxygens (including phenoxy) is 1. The molecule has 0 amide bonds. The Hall–Kier alpha value is -3.41. The van der Waals surface area contributed by atoms with Crippen LogP contribution < -0.4 is 10.3 Å². The van der Waals surface area contributed by atoms with Gasteiger partial charge in [0.1, 0.15) is 17.1 Å². The van der Waals surface area contributed by atoms with Crippen LogP contribution in [0.15, 0.2) is 58.5 Å². The van der Waals surface area contributed by atoms with Crippen LogP contribution in [0.2, 0.25) is 0 Å². The summed E-state index contributed by atoms with van der Waals surface area (Å²) in [5, 5.41) is 9.62. The van der Waals surface area contributed by atoms with Gasteiger partial charge in [0.15, 0.2) is 0 Å². The highest BCUT2D eigenvalue weighted by Crippen LogP contribution is 2.31. The number of dihydropyridines is 1. The fraction of sp³-hybridized carbons (Fsp3) is 0.150. The summed E-state index contributed by atoms with van der Waals surface area (Å²) >= 11 is 0. The average molecular weight is 347 g/mol. The van der Waals surface area contributed by atoms with Gasteiger partial charge in [-0.15, -0.1) is 0 Å². The van der Waals surface area contributed by atoms with Gasteiger partial charge in [-0.1, -0.05) is 6.08 Å². The largest absolute Gasteiger partial charge is 0.508 e. The predicted octanol–water partition coefficient (Wildman–Crippen LogP) is 2.93. The van der Waals surface area contributed by atoms with Crippen molar-refractivity contribution in [1.29, 1.82) is 0 Å². The average Bonchev–Trinajstić information content (AvgIpc) is 2.68. The summed E-state index contributed by atoms with van der Waals surface area (Å²) in [5.74, 6) is 0.557. The minimum Gasteiger partial charge on any atom is -0.508 e. The highest BCUT2D eigenvalue weighted by molar-refractivity contribution is 5.81. The summed E-state index contributed by atoms with van der Waals surface area (Å²) < 4.78 is 6.84. The number of hydrogen-bond donors (Lipinski definition) is 1. The number of aromatic nitrogens is 2. The van der Waals surface area contributed by atoms with Gasteiger partial charge in [-0.2, -0.15) is 0 Å². The lowest BCUT2D eigenvalue weighted by Gasteiger charge is -2.12. The zero-order chi connectivity index (χ0) is 18.1. The van der Waals surface area contributed by atoms with Crippen LogP contribution >= 0.6 is 0 Å². The first-order chi connectivity index (χ1) is 12.7. The van der Waals surface area contributed by atoms with E-state index in [1.807, 2.05) is 24.5 Å². The highest BCUT2D eigenvalue weighted by atomic mass is 16.5. The molecule has 2 aromatic heterocycles. The van der Waals surface area contributed by atoms with Crippen LogP contribution in [0.25, 0.3) is 22.5 Å². The van der Waals surface area contributed by atoms with Crippen LogP contribution in [0.3, 0.4) is 0 Å². The molecule has 130 valence electrons. The lowest BCUT2D eigenvalue weighted by atomic mass is 10.0. The van der Waals surface area contributed by atoms with Gasteiger partial charge in [0.05, 0.1) is 19.3 Å². The first-order valence-corrected chi connectivity index (χ1v) is 8.24. The van der Waals surface area contributed by atoms with Crippen molar-refractivity contribution in [2.24, 2.45) is 4.99 Å². The third kappa shape index (κ3) is 2.86. The van der Waals surface area contributed by atoms with Crippen LogP contribution in [-0.2, 0) is 0 Å². The van der Waals surface area contributed by atoms with E-state index in [-0.39, 0.29) is 11.3 Å². The van der Waals surface area contributed by atoms with Crippen molar-refractivity contribution in [3.63, 3.8) is 0 Å². The Balaban J connectivity index is 1.83. The van der Waals surface area contributed by atoms with Crippen LogP contribution in [0.4, 0.5) is 0 Å². The van der Waals surface area contributed by atoms with Gasteiger partial charge in [-0.25, -0.2) is 4.98 Å². The molecule has 0 spiro atoms. The molecular weight excluding hydrogens is 330 g/mol. The molecule has 4 rings (SSSR count). The molecule has 1 N–H and O–H groups in total. The van der Waals surface area contributed by atoms with Crippen molar-refractivity contribution in [2.45, 2.75) is 6.42 Å². The van der Waals surface area contributed by atoms with Crippen LogP contribution in [0, 0.1) is 0 Å². The molecule has 0 bridgehead atoms. The molecule has 0 atom stereocenters. The number of fused-ring (bicyclic) bond motifs is 1. The minimum absolute atomic E-state index is 0.0945. The standard InChI is InChI=1S/C20H17N3O3/c1-26-18-10-15(24)3-4-16(18)17-11-20(25)23-12-14(2-5-19(23)22-17)13-6-8-21-9-7-13/h2-6,9-12,24H,7-8H2,1H3. The molecule has 1 aliphatic rings. The van der Waals surface area contributed by atoms with Gasteiger partial charge < -0.3 is 9.84 Å². The smallest absolute Gasteiger partial charge is 0.258 e. The van der Waals surface area contributed by atoms with Crippen LogP contribution in [-0.4, -0.2) is 34.4 Å². The van der Waals surface area contributed by atoms with E-state index in [4.69, 9.17) is 4.74 Å². The fourth-order valence-electron chi connectivity index (χ4n) is 3.04. The second-order valence-corrected chi connectivity index (χ2v) is 5.99. The topological polar surface area (TPSA) is 76.2 Å². The number of allylic oxidation sites excluding steroid dienone is 1. The second-order valence-electron chi connectivity index (χ2n) is 5.99. The number of phenolic OH excluding ortho intramolecular Hbond substituents is 1. The monoisotopic (exact) mass is 347 g/mol. The molecule has 0 saturated heterocycles. The molecule has 3 heterocycles. The summed E-state index contributed by atoms with van der Waals surface area (Å²) in [5.41, 5.74) is 3.67. The second kappa shape index (κ2) is 6.48. The summed E-state index contributed by atoms with van der Waals surface area (Å²) in [6, 6.07) is 10.0. The number of nitrogens with zero attached hydrogens (tertiary/aromatic N) is 3. The number of benzene rings is 1. The molecule has 6 nitrogen and oxygen atoms in total. The van der Waals surface area contributed by atoms with Crippen LogP contribution in [0.1, 0.15) is 12.0 Å². The Morgan fingerprint density at radius 2 is 2.08 bits per heavy atom. The third-order valence-corrected chi connectivity index (χ3v) is 4.37. The number of methoxy groups -OCH3 is 1. The molecule has 3 aromatic rings. The highest BCUT2D eigenvalue weighted by Gasteiger charge is 2.12. The zero-order valence-electron chi connectivity index (χ0n) is 14.2. The number of rotatable bonds is 3. The molecule has 0 saturated carbocycles. The van der Waals surface area contributed by atoms with Crippen molar-refractivity contribution in [2.75, 3.05) is 13.7 Å². The van der Waals surface area contributed by atoms with Gasteiger partial charge in [0, 0.05) is 36.5 Å². The minimum atomic E-state index is -0.174. The van der Waals surface area contributed by atoms with Crippen molar-refractivity contribution < 1.29 is 9.84 Å². The number of aliphatic imine (C=N–C) groups is 1. The molecule has 0 unspecified atom stereocenters. The van der Waals surface area contributed by atoms with E-state index in [2.05, 4.69) is 16.1 Å². The van der Waals surface area contributed by atoms with Crippen LogP contribution in [0.5, 0.6) is 11.5 Å². The van der Waals surface area contributed by atoms with E-state index in [0.29, 0.717) is 29.2 Å². The predicted molar refractivity (Wildman–Crippen MR) is 101 cm³/mol. The van der Waals surface area contributed by atoms with E-state index in [1.54, 1.807) is 12.1 Å². The van der Waals surface area contributed by atoms with Gasteiger partial charge in [0.2, 0.25) is 0 Å². The van der Waals surface area contributed by atoms with E-state index < -0.39 is 0 Å². The maximum absolute atomic E-state index is 12.7. The Labute approximate surface area is 149 Å². The maximum Gasteiger partial charge on any atom is 0.258 e. The van der Waals surface area contributed by atoms with Crippen molar-refractivity contribution in [1.82, 2.24) is 9.38 Å². The van der Waals surface area contributed by atoms with E-state index in [0.717, 1.165) is 17.6 Å². The Kier molecular flexibility index (Phi) is 4.01. The molecule has 0 aliphatic carbocycles. The third-order valence-electron chi connectivity index (χ3n) is 4.37. The summed E-state index contributed by atoms with van der Waals surface area (Å²) in [6.07, 6.45) is 6.53. The summed E-state index contributed by atoms with van der Waals surface area (Å²) in [4.78, 5) is 21.4. The molecule has 1 aliphatic heterocycles. The lowest BCUT2D eigenvalue weighted by Crippen LogP contribution is -2.15. The number of pyridine rings is 1. The first-order valence-electron chi connectivity index (χ1n) is 8.24. The summed E-state index contributed by atoms with van der Waals surface area (Å²) in [7, 11) is 1.51. The lowest BCUT2D eigenvalue weighted by molar-refractivity contribution is 0.409. The Bertz CT molecular complexity index is 1110. The Morgan fingerprint density at radius 3 is 2.85 bits per heavy atom. The number of phenols is 1. The number of hydrogen-bond acceptors (Lipinski definition) is 5. The maximum atomic E-state index is 12.7. The van der Waals surface area contributed by atoms with Gasteiger partial charge >= 0.3 is 0 Å². The molecular formula is C20H17N3O3. The van der Waals surface area contributed by atoms with E-state index in [1.165, 1.54) is 23.6 Å². The van der Waals surface area contributed by atoms with Gasteiger partial charge in [0.25, 0.3) is 5.56 Å². The molecule has 1 aromatic carbocycles. The van der Waals surface area contributed by atoms with Crippen molar-refractivity contribution >= 4 is 17.4 Å². The van der Waals surface area contributed by atoms with E-state index in [9.17, 15) is 9.90 Å². The Morgan fingerprint density at radius 1 is 1.19 bits per heavy atom. The molecule has 6 heteroatoms. The first kappa shape index (κ1) is 16.1. The molecule has 26 heavy (non-hydrogen) atoms.